The predicted octanol–water partition coefficient (Wildman–Crippen LogP) is 4.87. The van der Waals surface area contributed by atoms with Crippen molar-refractivity contribution in [1.29, 1.82) is 0 Å². The monoisotopic (exact) mass is 204 g/mol. The number of rotatable bonds is 1. The molecule has 1 atom stereocenters. The van der Waals surface area contributed by atoms with Crippen molar-refractivity contribution in [2.45, 2.75) is 59.8 Å². The van der Waals surface area contributed by atoms with Crippen LogP contribution in [-0.2, 0) is 0 Å². The van der Waals surface area contributed by atoms with Crippen LogP contribution in [-0.4, -0.2) is 0 Å². The summed E-state index contributed by atoms with van der Waals surface area (Å²) in [5.74, 6) is 0. The molecule has 0 radical (unpaired) electrons. The van der Waals surface area contributed by atoms with Gasteiger partial charge in [0, 0.05) is 0 Å². The van der Waals surface area contributed by atoms with Gasteiger partial charge in [0.25, 0.3) is 0 Å². The van der Waals surface area contributed by atoms with Crippen LogP contribution in [0.1, 0.15) is 59.8 Å². The summed E-state index contributed by atoms with van der Waals surface area (Å²) in [6.45, 7) is 9.63. The largest absolute Gasteiger partial charge is 0.0730 e. The second-order valence-corrected chi connectivity index (χ2v) is 6.27. The third kappa shape index (κ3) is 1.68. The zero-order valence-corrected chi connectivity index (χ0v) is 10.7. The summed E-state index contributed by atoms with van der Waals surface area (Å²) in [5.41, 5.74) is 4.20. The average Bonchev–Trinajstić information content (AvgIpc) is 2.43. The summed E-state index contributed by atoms with van der Waals surface area (Å²) in [6, 6.07) is 0. The van der Waals surface area contributed by atoms with Crippen LogP contribution in [0.25, 0.3) is 0 Å². The van der Waals surface area contributed by atoms with Gasteiger partial charge in [0.15, 0.2) is 0 Å². The number of hydrogen-bond donors (Lipinski definition) is 0. The average molecular weight is 204 g/mol. The second kappa shape index (κ2) is 3.50. The second-order valence-electron chi connectivity index (χ2n) is 6.27. The zero-order chi connectivity index (χ0) is 11.1. The molecule has 15 heavy (non-hydrogen) atoms. The van der Waals surface area contributed by atoms with Gasteiger partial charge < -0.3 is 0 Å². The van der Waals surface area contributed by atoms with Gasteiger partial charge in [-0.05, 0) is 43.4 Å². The molecule has 0 saturated heterocycles. The molecule has 0 unspecified atom stereocenters. The standard InChI is InChI=1S/C15H24/c1-12-6-8-13(9-7-12)15(4)11-5-10-14(15,2)3/h6,8H,5,7,9-11H2,1-4H3/t15-/m1/s1. The lowest BCUT2D eigenvalue weighted by Gasteiger charge is -2.41. The molecule has 2 aliphatic carbocycles. The molecule has 0 amide bonds. The molecular formula is C15H24. The van der Waals surface area contributed by atoms with Crippen molar-refractivity contribution < 1.29 is 0 Å². The van der Waals surface area contributed by atoms with Gasteiger partial charge in [0.1, 0.15) is 0 Å². The molecule has 0 bridgehead atoms. The SMILES string of the molecule is CC1=CC=C([C@@]2(C)CCCC2(C)C)CC1. The van der Waals surface area contributed by atoms with Gasteiger partial charge in [-0.3, -0.25) is 0 Å². The Morgan fingerprint density at radius 3 is 2.20 bits per heavy atom. The van der Waals surface area contributed by atoms with Gasteiger partial charge in [-0.25, -0.2) is 0 Å². The van der Waals surface area contributed by atoms with E-state index in [9.17, 15) is 0 Å². The predicted molar refractivity (Wildman–Crippen MR) is 66.8 cm³/mol. The van der Waals surface area contributed by atoms with E-state index in [0.717, 1.165) is 0 Å². The maximum absolute atomic E-state index is 2.49. The summed E-state index contributed by atoms with van der Waals surface area (Å²) >= 11 is 0. The minimum Gasteiger partial charge on any atom is -0.0730 e. The van der Waals surface area contributed by atoms with E-state index in [2.05, 4.69) is 39.8 Å². The van der Waals surface area contributed by atoms with Crippen molar-refractivity contribution in [3.8, 4) is 0 Å². The van der Waals surface area contributed by atoms with Crippen LogP contribution < -0.4 is 0 Å². The van der Waals surface area contributed by atoms with Crippen LogP contribution in [0, 0.1) is 10.8 Å². The van der Waals surface area contributed by atoms with E-state index in [1.807, 2.05) is 0 Å². The summed E-state index contributed by atoms with van der Waals surface area (Å²) in [7, 11) is 0. The fourth-order valence-electron chi connectivity index (χ4n) is 3.29. The van der Waals surface area contributed by atoms with E-state index >= 15 is 0 Å². The van der Waals surface area contributed by atoms with E-state index < -0.39 is 0 Å². The molecule has 0 aromatic carbocycles. The first kappa shape index (κ1) is 11.0. The van der Waals surface area contributed by atoms with E-state index in [1.165, 1.54) is 37.7 Å². The lowest BCUT2D eigenvalue weighted by molar-refractivity contribution is 0.172. The van der Waals surface area contributed by atoms with Crippen molar-refractivity contribution in [3.05, 3.63) is 23.3 Å². The van der Waals surface area contributed by atoms with Gasteiger partial charge in [-0.15, -0.1) is 0 Å². The quantitative estimate of drug-likeness (QED) is 0.571. The van der Waals surface area contributed by atoms with Gasteiger partial charge >= 0.3 is 0 Å². The third-order valence-corrected chi connectivity index (χ3v) is 5.04. The van der Waals surface area contributed by atoms with Crippen LogP contribution in [0.2, 0.25) is 0 Å². The zero-order valence-electron chi connectivity index (χ0n) is 10.7. The summed E-state index contributed by atoms with van der Waals surface area (Å²) < 4.78 is 0. The van der Waals surface area contributed by atoms with Crippen molar-refractivity contribution in [1.82, 2.24) is 0 Å². The molecule has 0 aromatic heterocycles. The highest BCUT2D eigenvalue weighted by Crippen LogP contribution is 2.57. The Bertz CT molecular complexity index is 317. The van der Waals surface area contributed by atoms with Crippen LogP contribution in [0.3, 0.4) is 0 Å². The van der Waals surface area contributed by atoms with Crippen LogP contribution in [0.5, 0.6) is 0 Å². The molecule has 2 rings (SSSR count). The van der Waals surface area contributed by atoms with Crippen LogP contribution >= 0.6 is 0 Å². The number of allylic oxidation sites excluding steroid dienone is 4. The highest BCUT2D eigenvalue weighted by atomic mass is 14.5. The van der Waals surface area contributed by atoms with Crippen molar-refractivity contribution in [2.24, 2.45) is 10.8 Å². The highest BCUT2D eigenvalue weighted by molar-refractivity contribution is 5.30. The fourth-order valence-corrected chi connectivity index (χ4v) is 3.29. The lowest BCUT2D eigenvalue weighted by atomic mass is 9.63. The molecule has 1 saturated carbocycles. The molecule has 0 aromatic rings. The Morgan fingerprint density at radius 2 is 1.73 bits per heavy atom. The van der Waals surface area contributed by atoms with Crippen molar-refractivity contribution in [2.75, 3.05) is 0 Å². The fraction of sp³-hybridized carbons (Fsp3) is 0.733. The molecular weight excluding hydrogens is 180 g/mol. The maximum atomic E-state index is 2.49. The Labute approximate surface area is 94.5 Å². The smallest absolute Gasteiger partial charge is 0.00620 e. The minimum atomic E-state index is 0.462. The Morgan fingerprint density at radius 1 is 1.00 bits per heavy atom. The highest BCUT2D eigenvalue weighted by Gasteiger charge is 2.46. The first-order chi connectivity index (χ1) is 6.96. The van der Waals surface area contributed by atoms with E-state index in [4.69, 9.17) is 0 Å². The maximum Gasteiger partial charge on any atom is -0.00620 e. The molecule has 0 aliphatic heterocycles. The molecule has 2 aliphatic rings. The van der Waals surface area contributed by atoms with Gasteiger partial charge in [-0.1, -0.05) is 50.5 Å². The van der Waals surface area contributed by atoms with Crippen molar-refractivity contribution >= 4 is 0 Å². The summed E-state index contributed by atoms with van der Waals surface area (Å²) in [6.07, 6.45) is 11.5. The Balaban J connectivity index is 2.30. The first-order valence-corrected chi connectivity index (χ1v) is 6.32. The molecule has 84 valence electrons. The summed E-state index contributed by atoms with van der Waals surface area (Å²) in [4.78, 5) is 0. The molecule has 0 heterocycles. The van der Waals surface area contributed by atoms with Gasteiger partial charge in [-0.2, -0.15) is 0 Å². The van der Waals surface area contributed by atoms with Crippen molar-refractivity contribution in [3.63, 3.8) is 0 Å². The van der Waals surface area contributed by atoms with Crippen LogP contribution in [0.4, 0.5) is 0 Å². The van der Waals surface area contributed by atoms with E-state index in [-0.39, 0.29) is 0 Å². The molecule has 0 spiro atoms. The first-order valence-electron chi connectivity index (χ1n) is 6.32. The molecule has 0 nitrogen and oxygen atoms in total. The molecule has 0 N–H and O–H groups in total. The van der Waals surface area contributed by atoms with E-state index in [1.54, 1.807) is 5.57 Å². The lowest BCUT2D eigenvalue weighted by Crippen LogP contribution is -2.32. The van der Waals surface area contributed by atoms with E-state index in [0.29, 0.717) is 10.8 Å². The topological polar surface area (TPSA) is 0 Å². The van der Waals surface area contributed by atoms with Gasteiger partial charge in [0.05, 0.1) is 0 Å². The number of hydrogen-bond acceptors (Lipinski definition) is 0. The Hall–Kier alpha value is -0.520. The van der Waals surface area contributed by atoms with Crippen LogP contribution in [0.15, 0.2) is 23.3 Å². The third-order valence-electron chi connectivity index (χ3n) is 5.04. The van der Waals surface area contributed by atoms with Gasteiger partial charge in [0.2, 0.25) is 0 Å². The summed E-state index contributed by atoms with van der Waals surface area (Å²) in [5, 5.41) is 0. The molecule has 1 fully saturated rings. The normalized spacial score (nSPS) is 34.9. The Kier molecular flexibility index (Phi) is 2.56. The molecule has 0 heteroatoms. The minimum absolute atomic E-state index is 0.462.